The monoisotopic (exact) mass is 280 g/mol. The molecule has 0 bridgehead atoms. The lowest BCUT2D eigenvalue weighted by molar-refractivity contribution is 0.0731. The third-order valence-corrected chi connectivity index (χ3v) is 3.68. The van der Waals surface area contributed by atoms with Crippen LogP contribution in [0.3, 0.4) is 0 Å². The number of carbonyl (C=O) groups excluding carboxylic acids is 1. The fourth-order valence-electron chi connectivity index (χ4n) is 2.56. The van der Waals surface area contributed by atoms with Gasteiger partial charge < -0.3 is 14.9 Å². The van der Waals surface area contributed by atoms with Crippen molar-refractivity contribution in [1.82, 2.24) is 4.90 Å². The zero-order valence-electron chi connectivity index (χ0n) is 11.8. The number of likely N-dealkylation sites (N-methyl/N-ethyl adjacent to an activating group) is 1. The summed E-state index contributed by atoms with van der Waals surface area (Å²) in [6.07, 6.45) is 2.17. The molecule has 2 rings (SSSR count). The smallest absolute Gasteiger partial charge is 0.254 e. The molecule has 1 aliphatic heterocycles. The number of rotatable bonds is 5. The number of hydrogen-bond acceptors (Lipinski definition) is 3. The van der Waals surface area contributed by atoms with Gasteiger partial charge in [-0.3, -0.25) is 4.79 Å². The number of hydrogen-bond donors (Lipinski definition) is 1. The van der Waals surface area contributed by atoms with E-state index in [0.717, 1.165) is 25.9 Å². The van der Waals surface area contributed by atoms with Crippen LogP contribution in [0.5, 0.6) is 0 Å². The summed E-state index contributed by atoms with van der Waals surface area (Å²) in [6.45, 7) is 4.25. The number of aliphatic hydroxyl groups is 1. The van der Waals surface area contributed by atoms with Crippen molar-refractivity contribution in [3.8, 4) is 0 Å². The van der Waals surface area contributed by atoms with Crippen molar-refractivity contribution in [2.75, 3.05) is 37.7 Å². The van der Waals surface area contributed by atoms with Crippen LogP contribution in [-0.2, 0) is 0 Å². The van der Waals surface area contributed by atoms with Crippen LogP contribution in [0.25, 0.3) is 0 Å². The highest BCUT2D eigenvalue weighted by Gasteiger charge is 2.19. The Morgan fingerprint density at radius 2 is 2.10 bits per heavy atom. The molecule has 0 aromatic heterocycles. The molecule has 0 saturated carbocycles. The van der Waals surface area contributed by atoms with Gasteiger partial charge in [0.2, 0.25) is 0 Å². The summed E-state index contributed by atoms with van der Waals surface area (Å²) in [5, 5.41) is 8.93. The molecular weight excluding hydrogens is 259 g/mol. The van der Waals surface area contributed by atoms with Crippen LogP contribution in [-0.4, -0.2) is 48.7 Å². The van der Waals surface area contributed by atoms with Crippen LogP contribution in [0.1, 0.15) is 30.1 Å². The van der Waals surface area contributed by atoms with E-state index in [0.29, 0.717) is 17.8 Å². The molecule has 0 spiro atoms. The minimum absolute atomic E-state index is 0.0894. The molecule has 5 heteroatoms. The molecule has 20 heavy (non-hydrogen) atoms. The van der Waals surface area contributed by atoms with E-state index in [1.165, 1.54) is 11.0 Å². The zero-order valence-corrected chi connectivity index (χ0v) is 11.8. The normalized spacial score (nSPS) is 14.7. The van der Waals surface area contributed by atoms with Crippen molar-refractivity contribution in [2.45, 2.75) is 19.8 Å². The highest BCUT2D eigenvalue weighted by Crippen LogP contribution is 2.24. The molecule has 1 N–H and O–H groups in total. The number of nitrogens with zero attached hydrogens (tertiary/aromatic N) is 2. The van der Waals surface area contributed by atoms with Gasteiger partial charge in [-0.2, -0.15) is 0 Å². The second kappa shape index (κ2) is 6.70. The van der Waals surface area contributed by atoms with E-state index in [1.807, 2.05) is 11.8 Å². The lowest BCUT2D eigenvalue weighted by Gasteiger charge is -2.21. The molecular formula is C15H21FN2O2. The van der Waals surface area contributed by atoms with Gasteiger partial charge in [-0.15, -0.1) is 0 Å². The maximum atomic E-state index is 14.2. The van der Waals surface area contributed by atoms with Crippen molar-refractivity contribution in [2.24, 2.45) is 0 Å². The van der Waals surface area contributed by atoms with Crippen LogP contribution in [0, 0.1) is 5.82 Å². The summed E-state index contributed by atoms with van der Waals surface area (Å²) in [4.78, 5) is 15.7. The zero-order chi connectivity index (χ0) is 14.5. The number of anilines is 1. The highest BCUT2D eigenvalue weighted by atomic mass is 19.1. The predicted molar refractivity (Wildman–Crippen MR) is 76.5 cm³/mol. The Balaban J connectivity index is 2.17. The van der Waals surface area contributed by atoms with Crippen LogP contribution in [0.15, 0.2) is 18.2 Å². The topological polar surface area (TPSA) is 43.8 Å². The number of halogens is 1. The molecule has 1 fully saturated rings. The Kier molecular flexibility index (Phi) is 4.95. The number of benzene rings is 1. The third-order valence-electron chi connectivity index (χ3n) is 3.68. The average molecular weight is 280 g/mol. The second-order valence-electron chi connectivity index (χ2n) is 4.97. The van der Waals surface area contributed by atoms with Gasteiger partial charge in [-0.25, -0.2) is 4.39 Å². The van der Waals surface area contributed by atoms with Gasteiger partial charge in [0.1, 0.15) is 5.82 Å². The van der Waals surface area contributed by atoms with E-state index >= 15 is 0 Å². The predicted octanol–water partition coefficient (Wildman–Crippen LogP) is 1.88. The van der Waals surface area contributed by atoms with E-state index in [4.69, 9.17) is 5.11 Å². The number of aliphatic hydroxyl groups excluding tert-OH is 1. The van der Waals surface area contributed by atoms with Gasteiger partial charge in [-0.1, -0.05) is 0 Å². The Hall–Kier alpha value is -1.62. The van der Waals surface area contributed by atoms with Crippen molar-refractivity contribution < 1.29 is 14.3 Å². The minimum Gasteiger partial charge on any atom is -0.395 e. The first-order valence-corrected chi connectivity index (χ1v) is 7.12. The Bertz CT molecular complexity index is 473. The molecule has 0 atom stereocenters. The summed E-state index contributed by atoms with van der Waals surface area (Å²) in [6, 6.07) is 4.65. The molecule has 1 heterocycles. The molecule has 4 nitrogen and oxygen atoms in total. The lowest BCUT2D eigenvalue weighted by atomic mass is 10.1. The lowest BCUT2D eigenvalue weighted by Crippen LogP contribution is -2.33. The Morgan fingerprint density at radius 1 is 1.40 bits per heavy atom. The second-order valence-corrected chi connectivity index (χ2v) is 4.97. The molecule has 0 radical (unpaired) electrons. The largest absolute Gasteiger partial charge is 0.395 e. The molecule has 0 aliphatic carbocycles. The van der Waals surface area contributed by atoms with Gasteiger partial charge >= 0.3 is 0 Å². The third kappa shape index (κ3) is 3.10. The van der Waals surface area contributed by atoms with E-state index in [-0.39, 0.29) is 24.9 Å². The van der Waals surface area contributed by atoms with Crippen molar-refractivity contribution in [3.63, 3.8) is 0 Å². The number of carbonyl (C=O) groups is 1. The van der Waals surface area contributed by atoms with Crippen molar-refractivity contribution >= 4 is 11.6 Å². The molecule has 0 unspecified atom stereocenters. The number of amides is 1. The maximum absolute atomic E-state index is 14.2. The van der Waals surface area contributed by atoms with Gasteiger partial charge in [-0.05, 0) is 38.0 Å². The first-order chi connectivity index (χ1) is 9.67. The van der Waals surface area contributed by atoms with Gasteiger partial charge in [0.15, 0.2) is 0 Å². The SMILES string of the molecule is CCN(CCO)C(=O)c1ccc(N2CCCC2)c(F)c1. The minimum atomic E-state index is -0.349. The van der Waals surface area contributed by atoms with Crippen LogP contribution in [0.2, 0.25) is 0 Å². The summed E-state index contributed by atoms with van der Waals surface area (Å²) >= 11 is 0. The maximum Gasteiger partial charge on any atom is 0.254 e. The summed E-state index contributed by atoms with van der Waals surface area (Å²) in [7, 11) is 0. The Morgan fingerprint density at radius 3 is 2.65 bits per heavy atom. The standard InChI is InChI=1S/C15H21FN2O2/c1-2-17(9-10-19)15(20)12-5-6-14(13(16)11-12)18-7-3-4-8-18/h5-6,11,19H,2-4,7-10H2,1H3. The molecule has 110 valence electrons. The van der Waals surface area contributed by atoms with E-state index < -0.39 is 0 Å². The summed E-state index contributed by atoms with van der Waals surface area (Å²) in [5.74, 6) is -0.591. The van der Waals surface area contributed by atoms with Gasteiger partial charge in [0.05, 0.1) is 12.3 Å². The highest BCUT2D eigenvalue weighted by molar-refractivity contribution is 5.94. The molecule has 1 saturated heterocycles. The van der Waals surface area contributed by atoms with E-state index in [9.17, 15) is 9.18 Å². The van der Waals surface area contributed by atoms with Crippen molar-refractivity contribution in [1.29, 1.82) is 0 Å². The van der Waals surface area contributed by atoms with Crippen molar-refractivity contribution in [3.05, 3.63) is 29.6 Å². The quantitative estimate of drug-likeness (QED) is 0.895. The van der Waals surface area contributed by atoms with Crippen LogP contribution in [0.4, 0.5) is 10.1 Å². The van der Waals surface area contributed by atoms with E-state index in [2.05, 4.69) is 0 Å². The first kappa shape index (κ1) is 14.8. The molecule has 1 aromatic rings. The van der Waals surface area contributed by atoms with E-state index in [1.54, 1.807) is 12.1 Å². The fraction of sp³-hybridized carbons (Fsp3) is 0.533. The average Bonchev–Trinajstić information content (AvgIpc) is 2.97. The van der Waals surface area contributed by atoms with Crippen LogP contribution < -0.4 is 4.90 Å². The van der Waals surface area contributed by atoms with Gasteiger partial charge in [0, 0.05) is 31.7 Å². The van der Waals surface area contributed by atoms with Crippen LogP contribution >= 0.6 is 0 Å². The van der Waals surface area contributed by atoms with Gasteiger partial charge in [0.25, 0.3) is 5.91 Å². The molecule has 1 aliphatic rings. The summed E-state index contributed by atoms with van der Waals surface area (Å²) < 4.78 is 14.2. The fourth-order valence-corrected chi connectivity index (χ4v) is 2.56. The molecule has 1 amide bonds. The Labute approximate surface area is 118 Å². The first-order valence-electron chi connectivity index (χ1n) is 7.12. The summed E-state index contributed by atoms with van der Waals surface area (Å²) in [5.41, 5.74) is 0.907. The molecule has 1 aromatic carbocycles.